The van der Waals surface area contributed by atoms with Crippen LogP contribution in [0.3, 0.4) is 0 Å². The van der Waals surface area contributed by atoms with E-state index in [1.165, 1.54) is 19.5 Å². The molecule has 6 heteroatoms. The molecule has 0 saturated carbocycles. The van der Waals surface area contributed by atoms with Crippen molar-refractivity contribution in [2.24, 2.45) is 0 Å². The maximum Gasteiger partial charge on any atom is 0.216 e. The first kappa shape index (κ1) is 13.8. The molecule has 0 N–H and O–H groups in total. The quantitative estimate of drug-likeness (QED) is 0.813. The van der Waals surface area contributed by atoms with Gasteiger partial charge in [0.1, 0.15) is 12.0 Å². The summed E-state index contributed by atoms with van der Waals surface area (Å²) < 4.78 is 4.95. The van der Waals surface area contributed by atoms with Crippen LogP contribution in [0.4, 0.5) is 0 Å². The number of halogens is 2. The van der Waals surface area contributed by atoms with Crippen LogP contribution in [-0.2, 0) is 6.42 Å². The van der Waals surface area contributed by atoms with Gasteiger partial charge in [-0.05, 0) is 17.7 Å². The summed E-state index contributed by atoms with van der Waals surface area (Å²) in [5.74, 6) is 0.214. The number of ketones is 1. The van der Waals surface area contributed by atoms with Gasteiger partial charge in [-0.3, -0.25) is 4.79 Å². The average molecular weight is 297 g/mol. The lowest BCUT2D eigenvalue weighted by molar-refractivity contribution is 0.0987. The van der Waals surface area contributed by atoms with Crippen LogP contribution in [-0.4, -0.2) is 22.9 Å². The highest BCUT2D eigenvalue weighted by molar-refractivity contribution is 6.42. The normalized spacial score (nSPS) is 10.3. The van der Waals surface area contributed by atoms with E-state index in [1.807, 2.05) is 0 Å². The van der Waals surface area contributed by atoms with E-state index in [1.54, 1.807) is 18.2 Å². The van der Waals surface area contributed by atoms with Crippen LogP contribution in [0.25, 0.3) is 0 Å². The maximum atomic E-state index is 12.1. The second-order valence-electron chi connectivity index (χ2n) is 3.79. The molecule has 0 spiro atoms. The van der Waals surface area contributed by atoms with Crippen molar-refractivity contribution in [2.45, 2.75) is 6.42 Å². The summed E-state index contributed by atoms with van der Waals surface area (Å²) >= 11 is 11.7. The summed E-state index contributed by atoms with van der Waals surface area (Å²) in [6.07, 6.45) is 1.48. The highest BCUT2D eigenvalue weighted by atomic mass is 35.5. The third kappa shape index (κ3) is 3.43. The Labute approximate surface area is 120 Å². The summed E-state index contributed by atoms with van der Waals surface area (Å²) in [7, 11) is 1.48. The number of ether oxygens (including phenoxy) is 1. The van der Waals surface area contributed by atoms with Crippen LogP contribution in [0, 0.1) is 0 Å². The van der Waals surface area contributed by atoms with E-state index in [0.717, 1.165) is 5.56 Å². The minimum absolute atomic E-state index is 0.140. The SMILES string of the molecule is COc1cc(C(=O)Cc2ccc(Cl)c(Cl)c2)ncn1. The molecule has 0 amide bonds. The zero-order valence-corrected chi connectivity index (χ0v) is 11.6. The first-order valence-electron chi connectivity index (χ1n) is 5.43. The molecule has 0 aliphatic rings. The Hall–Kier alpha value is -1.65. The molecule has 1 aromatic carbocycles. The molecule has 98 valence electrons. The molecule has 1 heterocycles. The summed E-state index contributed by atoms with van der Waals surface area (Å²) in [4.78, 5) is 19.8. The fraction of sp³-hybridized carbons (Fsp3) is 0.154. The van der Waals surface area contributed by atoms with E-state index in [-0.39, 0.29) is 12.2 Å². The summed E-state index contributed by atoms with van der Waals surface area (Å²) in [5, 5.41) is 0.883. The van der Waals surface area contributed by atoms with E-state index in [9.17, 15) is 4.79 Å². The van der Waals surface area contributed by atoms with E-state index in [2.05, 4.69) is 9.97 Å². The summed E-state index contributed by atoms with van der Waals surface area (Å²) in [6.45, 7) is 0. The largest absolute Gasteiger partial charge is 0.481 e. The molecule has 0 aliphatic carbocycles. The zero-order valence-electron chi connectivity index (χ0n) is 10.1. The van der Waals surface area contributed by atoms with E-state index >= 15 is 0 Å². The fourth-order valence-electron chi connectivity index (χ4n) is 1.53. The van der Waals surface area contributed by atoms with Gasteiger partial charge >= 0.3 is 0 Å². The number of hydrogen-bond donors (Lipinski definition) is 0. The molecule has 19 heavy (non-hydrogen) atoms. The lowest BCUT2D eigenvalue weighted by Crippen LogP contribution is -2.07. The molecule has 0 saturated heterocycles. The monoisotopic (exact) mass is 296 g/mol. The first-order valence-corrected chi connectivity index (χ1v) is 6.19. The Morgan fingerprint density at radius 1 is 1.21 bits per heavy atom. The predicted octanol–water partition coefficient (Wildman–Crippen LogP) is 3.22. The number of aromatic nitrogens is 2. The van der Waals surface area contributed by atoms with Crippen molar-refractivity contribution in [1.82, 2.24) is 9.97 Å². The first-order chi connectivity index (χ1) is 9.10. The molecule has 0 atom stereocenters. The van der Waals surface area contributed by atoms with Gasteiger partial charge < -0.3 is 4.74 Å². The van der Waals surface area contributed by atoms with Crippen molar-refractivity contribution in [3.05, 3.63) is 51.9 Å². The van der Waals surface area contributed by atoms with Crippen LogP contribution >= 0.6 is 23.2 Å². The molecule has 0 unspecified atom stereocenters. The number of carbonyl (C=O) groups is 1. The van der Waals surface area contributed by atoms with Gasteiger partial charge in [0.15, 0.2) is 5.78 Å². The highest BCUT2D eigenvalue weighted by Gasteiger charge is 2.11. The molecular formula is C13H10Cl2N2O2. The Bertz CT molecular complexity index is 617. The van der Waals surface area contributed by atoms with Crippen molar-refractivity contribution >= 4 is 29.0 Å². The Balaban J connectivity index is 2.18. The predicted molar refractivity (Wildman–Crippen MR) is 73.1 cm³/mol. The zero-order chi connectivity index (χ0) is 13.8. The van der Waals surface area contributed by atoms with Crippen LogP contribution in [0.15, 0.2) is 30.6 Å². The lowest BCUT2D eigenvalue weighted by Gasteiger charge is -2.04. The maximum absolute atomic E-state index is 12.1. The Morgan fingerprint density at radius 3 is 2.68 bits per heavy atom. The standard InChI is InChI=1S/C13H10Cl2N2O2/c1-19-13-6-11(16-7-17-13)12(18)5-8-2-3-9(14)10(15)4-8/h2-4,6-7H,5H2,1H3. The van der Waals surface area contributed by atoms with E-state index in [0.29, 0.717) is 21.6 Å². The van der Waals surface area contributed by atoms with Crippen LogP contribution in [0.1, 0.15) is 16.1 Å². The molecule has 0 bridgehead atoms. The molecular weight excluding hydrogens is 287 g/mol. The minimum atomic E-state index is -0.140. The second-order valence-corrected chi connectivity index (χ2v) is 4.61. The molecule has 0 fully saturated rings. The minimum Gasteiger partial charge on any atom is -0.481 e. The number of benzene rings is 1. The summed E-state index contributed by atoms with van der Waals surface area (Å²) in [6, 6.07) is 6.58. The summed E-state index contributed by atoms with van der Waals surface area (Å²) in [5.41, 5.74) is 1.08. The molecule has 1 aromatic heterocycles. The van der Waals surface area contributed by atoms with Gasteiger partial charge in [-0.25, -0.2) is 9.97 Å². The number of carbonyl (C=O) groups excluding carboxylic acids is 1. The number of hydrogen-bond acceptors (Lipinski definition) is 4. The van der Waals surface area contributed by atoms with Crippen molar-refractivity contribution in [3.8, 4) is 5.88 Å². The topological polar surface area (TPSA) is 52.1 Å². The smallest absolute Gasteiger partial charge is 0.216 e. The third-order valence-corrected chi connectivity index (χ3v) is 3.22. The van der Waals surface area contributed by atoms with Crippen LogP contribution in [0.5, 0.6) is 5.88 Å². The lowest BCUT2D eigenvalue weighted by atomic mass is 10.1. The van der Waals surface area contributed by atoms with Gasteiger partial charge in [0.2, 0.25) is 5.88 Å². The van der Waals surface area contributed by atoms with Crippen LogP contribution in [0.2, 0.25) is 10.0 Å². The fourth-order valence-corrected chi connectivity index (χ4v) is 1.85. The second kappa shape index (κ2) is 5.99. The Morgan fingerprint density at radius 2 is 2.00 bits per heavy atom. The molecule has 2 rings (SSSR count). The van der Waals surface area contributed by atoms with Gasteiger partial charge in [-0.2, -0.15) is 0 Å². The molecule has 4 nitrogen and oxygen atoms in total. The number of methoxy groups -OCH3 is 1. The van der Waals surface area contributed by atoms with Crippen molar-refractivity contribution < 1.29 is 9.53 Å². The van der Waals surface area contributed by atoms with E-state index < -0.39 is 0 Å². The highest BCUT2D eigenvalue weighted by Crippen LogP contribution is 2.23. The van der Waals surface area contributed by atoms with Gasteiger partial charge in [0.05, 0.1) is 17.2 Å². The van der Waals surface area contributed by atoms with Crippen molar-refractivity contribution in [1.29, 1.82) is 0 Å². The van der Waals surface area contributed by atoms with Gasteiger partial charge in [-0.1, -0.05) is 29.3 Å². The number of Topliss-reactive ketones (excluding diaryl/α,β-unsaturated/α-hetero) is 1. The number of rotatable bonds is 4. The number of nitrogens with zero attached hydrogens (tertiary/aromatic N) is 2. The van der Waals surface area contributed by atoms with Crippen LogP contribution < -0.4 is 4.74 Å². The van der Waals surface area contributed by atoms with Gasteiger partial charge in [-0.15, -0.1) is 0 Å². The van der Waals surface area contributed by atoms with Gasteiger partial charge in [0, 0.05) is 12.5 Å². The van der Waals surface area contributed by atoms with E-state index in [4.69, 9.17) is 27.9 Å². The third-order valence-electron chi connectivity index (χ3n) is 2.49. The average Bonchev–Trinajstić information content (AvgIpc) is 2.43. The molecule has 0 radical (unpaired) electrons. The van der Waals surface area contributed by atoms with Crippen molar-refractivity contribution in [2.75, 3.05) is 7.11 Å². The Kier molecular flexibility index (Phi) is 4.35. The molecule has 0 aliphatic heterocycles. The molecule has 2 aromatic rings. The van der Waals surface area contributed by atoms with Crippen molar-refractivity contribution in [3.63, 3.8) is 0 Å². The van der Waals surface area contributed by atoms with Gasteiger partial charge in [0.25, 0.3) is 0 Å².